The van der Waals surface area contributed by atoms with E-state index in [2.05, 4.69) is 26.9 Å². The molecule has 0 aromatic rings. The van der Waals surface area contributed by atoms with E-state index in [-0.39, 0.29) is 16.6 Å². The molecule has 0 N–H and O–H groups in total. The predicted octanol–water partition coefficient (Wildman–Crippen LogP) is 3.91. The summed E-state index contributed by atoms with van der Waals surface area (Å²) >= 11 is 0. The van der Waals surface area contributed by atoms with Crippen LogP contribution in [0, 0.1) is 0 Å². The summed E-state index contributed by atoms with van der Waals surface area (Å²) in [5.74, 6) is 0. The van der Waals surface area contributed by atoms with E-state index >= 15 is 0 Å². The van der Waals surface area contributed by atoms with E-state index < -0.39 is 0 Å². The van der Waals surface area contributed by atoms with Gasteiger partial charge in [0.1, 0.15) is 0 Å². The molecule has 0 aromatic heterocycles. The summed E-state index contributed by atoms with van der Waals surface area (Å²) < 4.78 is 0. The third-order valence-corrected chi connectivity index (χ3v) is 11.4. The summed E-state index contributed by atoms with van der Waals surface area (Å²) in [5, 5.41) is 0. The molecule has 2 radical (unpaired) electrons. The quantitative estimate of drug-likeness (QED) is 0.547. The second-order valence-corrected chi connectivity index (χ2v) is 13.1. The Morgan fingerprint density at radius 2 is 1.25 bits per heavy atom. The molecule has 0 atom stereocenters. The Balaban J connectivity index is 3.55. The highest BCUT2D eigenvalue weighted by Crippen LogP contribution is 2.12. The number of hydrogen-bond donors (Lipinski definition) is 0. The van der Waals surface area contributed by atoms with Gasteiger partial charge in [0.25, 0.3) is 0 Å². The lowest BCUT2D eigenvalue weighted by Gasteiger charge is -2.16. The van der Waals surface area contributed by atoms with Gasteiger partial charge in [-0.2, -0.15) is 0 Å². The van der Waals surface area contributed by atoms with Crippen LogP contribution in [0.2, 0.25) is 25.2 Å². The van der Waals surface area contributed by atoms with Gasteiger partial charge in [0.2, 0.25) is 0 Å². The lowest BCUT2D eigenvalue weighted by molar-refractivity contribution is 0.847. The van der Waals surface area contributed by atoms with Gasteiger partial charge in [-0.25, -0.2) is 0 Å². The molecule has 0 heterocycles. The van der Waals surface area contributed by atoms with E-state index in [1.807, 2.05) is 0 Å². The Hall–Kier alpha value is 0.434. The van der Waals surface area contributed by atoms with Crippen molar-refractivity contribution in [1.29, 1.82) is 0 Å². The zero-order valence-electron chi connectivity index (χ0n) is 9.24. The summed E-state index contributed by atoms with van der Waals surface area (Å²) in [7, 11) is 0.199. The van der Waals surface area contributed by atoms with Crippen molar-refractivity contribution in [2.75, 3.05) is 0 Å². The van der Waals surface area contributed by atoms with Crippen molar-refractivity contribution < 1.29 is 0 Å². The first-order chi connectivity index (χ1) is 5.72. The summed E-state index contributed by atoms with van der Waals surface area (Å²) in [6.07, 6.45) is 5.78. The molecule has 0 rings (SSSR count). The summed E-state index contributed by atoms with van der Waals surface area (Å²) in [4.78, 5) is 0. The second-order valence-electron chi connectivity index (χ2n) is 3.81. The largest absolute Gasteiger partial charge is 0.0735 e. The monoisotopic (exact) mass is 200 g/mol. The second kappa shape index (κ2) is 8.05. The molecule has 0 bridgehead atoms. The SMILES string of the molecule is CCCC[Si](CCCC)[Si](C)C. The number of rotatable bonds is 7. The van der Waals surface area contributed by atoms with Gasteiger partial charge in [-0.3, -0.25) is 0 Å². The predicted molar refractivity (Wildman–Crippen MR) is 62.7 cm³/mol. The highest BCUT2D eigenvalue weighted by molar-refractivity contribution is 7.21. The van der Waals surface area contributed by atoms with Gasteiger partial charge in [-0.15, -0.1) is 0 Å². The van der Waals surface area contributed by atoms with E-state index in [0.29, 0.717) is 0 Å². The Morgan fingerprint density at radius 3 is 1.50 bits per heavy atom. The molecule has 0 saturated heterocycles. The van der Waals surface area contributed by atoms with E-state index in [0.717, 1.165) is 0 Å². The number of hydrogen-bond acceptors (Lipinski definition) is 0. The molecule has 0 aromatic carbocycles. The van der Waals surface area contributed by atoms with Gasteiger partial charge < -0.3 is 0 Å². The van der Waals surface area contributed by atoms with Gasteiger partial charge in [-0.05, 0) is 0 Å². The van der Waals surface area contributed by atoms with Crippen molar-refractivity contribution in [3.05, 3.63) is 0 Å². The fourth-order valence-corrected chi connectivity index (χ4v) is 8.28. The minimum Gasteiger partial charge on any atom is -0.0735 e. The smallest absolute Gasteiger partial charge is 0.0372 e. The Kier molecular flexibility index (Phi) is 8.34. The van der Waals surface area contributed by atoms with Crippen LogP contribution in [0.5, 0.6) is 0 Å². The van der Waals surface area contributed by atoms with E-state index in [9.17, 15) is 0 Å². The third kappa shape index (κ3) is 6.01. The van der Waals surface area contributed by atoms with Crippen LogP contribution < -0.4 is 0 Å². The maximum atomic E-state index is 2.52. The molecule has 0 aliphatic carbocycles. The fourth-order valence-electron chi connectivity index (χ4n) is 1.41. The van der Waals surface area contributed by atoms with Gasteiger partial charge in [0, 0.05) is 16.6 Å². The highest BCUT2D eigenvalue weighted by atomic mass is 29.2. The summed E-state index contributed by atoms with van der Waals surface area (Å²) in [5.41, 5.74) is 0. The maximum absolute atomic E-state index is 2.52. The van der Waals surface area contributed by atoms with Crippen LogP contribution in [0.1, 0.15) is 39.5 Å². The van der Waals surface area contributed by atoms with Crippen molar-refractivity contribution in [2.45, 2.75) is 64.7 Å². The van der Waals surface area contributed by atoms with Crippen LogP contribution in [-0.4, -0.2) is 16.6 Å². The van der Waals surface area contributed by atoms with Crippen LogP contribution in [0.4, 0.5) is 0 Å². The molecular weight excluding hydrogens is 176 g/mol. The topological polar surface area (TPSA) is 0 Å². The van der Waals surface area contributed by atoms with Crippen LogP contribution >= 0.6 is 0 Å². The molecule has 0 unspecified atom stereocenters. The molecule has 0 saturated carbocycles. The molecule has 0 nitrogen and oxygen atoms in total. The van der Waals surface area contributed by atoms with E-state index in [1.54, 1.807) is 12.1 Å². The molecule has 0 amide bonds. The van der Waals surface area contributed by atoms with Crippen molar-refractivity contribution >= 4 is 16.6 Å². The Labute approximate surface area is 81.8 Å². The highest BCUT2D eigenvalue weighted by Gasteiger charge is 2.14. The standard InChI is InChI=1S/C10H24Si2/c1-5-7-9-12(11(3)4)10-8-6-2/h5-10H2,1-4H3. The van der Waals surface area contributed by atoms with Crippen molar-refractivity contribution in [3.8, 4) is 0 Å². The third-order valence-electron chi connectivity index (χ3n) is 2.37. The molecular formula is C10H24Si2. The zero-order valence-corrected chi connectivity index (χ0v) is 11.2. The lowest BCUT2D eigenvalue weighted by atomic mass is 10.4. The van der Waals surface area contributed by atoms with Gasteiger partial charge in [0.05, 0.1) is 0 Å². The minimum atomic E-state index is 0.0840. The van der Waals surface area contributed by atoms with E-state index in [4.69, 9.17) is 0 Å². The Bertz CT molecular complexity index is 83.8. The van der Waals surface area contributed by atoms with Gasteiger partial charge >= 0.3 is 0 Å². The number of unbranched alkanes of at least 4 members (excludes halogenated alkanes) is 2. The lowest BCUT2D eigenvalue weighted by Crippen LogP contribution is -2.29. The summed E-state index contributed by atoms with van der Waals surface area (Å²) in [6.45, 7) is 9.67. The maximum Gasteiger partial charge on any atom is 0.0372 e. The molecule has 72 valence electrons. The molecule has 0 spiro atoms. The first kappa shape index (κ1) is 12.4. The fraction of sp³-hybridized carbons (Fsp3) is 1.00. The van der Waals surface area contributed by atoms with Crippen LogP contribution in [0.25, 0.3) is 0 Å². The van der Waals surface area contributed by atoms with Crippen LogP contribution in [0.3, 0.4) is 0 Å². The molecule has 0 aliphatic rings. The normalized spacial score (nSPS) is 11.5. The van der Waals surface area contributed by atoms with Gasteiger partial charge in [-0.1, -0.05) is 64.7 Å². The average molecular weight is 200 g/mol. The van der Waals surface area contributed by atoms with Gasteiger partial charge in [0.15, 0.2) is 0 Å². The van der Waals surface area contributed by atoms with Crippen LogP contribution in [-0.2, 0) is 0 Å². The summed E-state index contributed by atoms with van der Waals surface area (Å²) in [6, 6.07) is 3.20. The van der Waals surface area contributed by atoms with Crippen molar-refractivity contribution in [2.24, 2.45) is 0 Å². The van der Waals surface area contributed by atoms with Crippen molar-refractivity contribution in [3.63, 3.8) is 0 Å². The van der Waals surface area contributed by atoms with E-state index in [1.165, 1.54) is 25.7 Å². The molecule has 0 fully saturated rings. The molecule has 2 heteroatoms. The van der Waals surface area contributed by atoms with Crippen LogP contribution in [0.15, 0.2) is 0 Å². The van der Waals surface area contributed by atoms with Crippen molar-refractivity contribution in [1.82, 2.24) is 0 Å². The first-order valence-corrected chi connectivity index (χ1v) is 10.8. The zero-order chi connectivity index (χ0) is 9.40. The molecule has 12 heavy (non-hydrogen) atoms. The first-order valence-electron chi connectivity index (χ1n) is 5.37. The molecule has 0 aliphatic heterocycles. The Morgan fingerprint density at radius 1 is 0.833 bits per heavy atom. The minimum absolute atomic E-state index is 0.0840. The average Bonchev–Trinajstić information content (AvgIpc) is 2.04.